The van der Waals surface area contributed by atoms with Crippen molar-refractivity contribution in [2.75, 3.05) is 6.54 Å². The highest BCUT2D eigenvalue weighted by atomic mass is 16.3. The molecule has 0 radical (unpaired) electrons. The van der Waals surface area contributed by atoms with Crippen LogP contribution < -0.4 is 10.6 Å². The number of amides is 2. The molecular formula is C20H22N4O3. The Hall–Kier alpha value is -3.35. The number of benzene rings is 1. The SMILES string of the molecule is CC(NC(=O)c1ccco1)C(=O)NCCc1nccn1Cc1ccccc1. The quantitative estimate of drug-likeness (QED) is 0.638. The van der Waals surface area contributed by atoms with Crippen LogP contribution in [-0.4, -0.2) is 34.0 Å². The highest BCUT2D eigenvalue weighted by molar-refractivity contribution is 5.95. The molecule has 2 aromatic heterocycles. The summed E-state index contributed by atoms with van der Waals surface area (Å²) in [5.41, 5.74) is 1.19. The first-order chi connectivity index (χ1) is 13.1. The van der Waals surface area contributed by atoms with Gasteiger partial charge in [-0.3, -0.25) is 9.59 Å². The topological polar surface area (TPSA) is 89.2 Å². The van der Waals surface area contributed by atoms with Crippen molar-refractivity contribution in [2.45, 2.75) is 25.9 Å². The Bertz CT molecular complexity index is 872. The number of furan rings is 1. The fourth-order valence-corrected chi connectivity index (χ4v) is 2.68. The van der Waals surface area contributed by atoms with Crippen molar-refractivity contribution in [3.8, 4) is 0 Å². The smallest absolute Gasteiger partial charge is 0.287 e. The number of hydrogen-bond acceptors (Lipinski definition) is 4. The minimum atomic E-state index is -0.660. The van der Waals surface area contributed by atoms with Crippen LogP contribution in [0.1, 0.15) is 28.9 Å². The number of imidazole rings is 1. The molecule has 140 valence electrons. The Morgan fingerprint density at radius 2 is 2.00 bits per heavy atom. The first-order valence-corrected chi connectivity index (χ1v) is 8.79. The van der Waals surface area contributed by atoms with Crippen LogP contribution in [0.5, 0.6) is 0 Å². The Morgan fingerprint density at radius 1 is 1.19 bits per heavy atom. The van der Waals surface area contributed by atoms with Crippen LogP contribution in [0.15, 0.2) is 65.5 Å². The van der Waals surface area contributed by atoms with Crippen molar-refractivity contribution in [1.82, 2.24) is 20.2 Å². The summed E-state index contributed by atoms with van der Waals surface area (Å²) in [5.74, 6) is 0.404. The zero-order valence-electron chi connectivity index (χ0n) is 15.1. The minimum absolute atomic E-state index is 0.178. The minimum Gasteiger partial charge on any atom is -0.459 e. The van der Waals surface area contributed by atoms with Gasteiger partial charge < -0.3 is 19.6 Å². The van der Waals surface area contributed by atoms with E-state index < -0.39 is 11.9 Å². The third-order valence-electron chi connectivity index (χ3n) is 4.13. The fraction of sp³-hybridized carbons (Fsp3) is 0.250. The van der Waals surface area contributed by atoms with E-state index >= 15 is 0 Å². The molecule has 2 amide bonds. The Kier molecular flexibility index (Phi) is 6.04. The molecule has 0 fully saturated rings. The molecule has 2 N–H and O–H groups in total. The van der Waals surface area contributed by atoms with E-state index in [0.717, 1.165) is 12.4 Å². The molecule has 0 bridgehead atoms. The van der Waals surface area contributed by atoms with Gasteiger partial charge in [0.2, 0.25) is 5.91 Å². The first-order valence-electron chi connectivity index (χ1n) is 8.79. The van der Waals surface area contributed by atoms with Crippen molar-refractivity contribution in [1.29, 1.82) is 0 Å². The van der Waals surface area contributed by atoms with E-state index in [0.29, 0.717) is 13.0 Å². The van der Waals surface area contributed by atoms with Gasteiger partial charge in [0.25, 0.3) is 5.91 Å². The average Bonchev–Trinajstić information content (AvgIpc) is 3.35. The van der Waals surface area contributed by atoms with Crippen LogP contribution in [-0.2, 0) is 17.8 Å². The Morgan fingerprint density at radius 3 is 2.74 bits per heavy atom. The Balaban J connectivity index is 1.46. The molecule has 0 aliphatic rings. The number of nitrogens with zero attached hydrogens (tertiary/aromatic N) is 2. The lowest BCUT2D eigenvalue weighted by molar-refractivity contribution is -0.122. The van der Waals surface area contributed by atoms with E-state index in [2.05, 4.69) is 32.3 Å². The molecule has 3 rings (SSSR count). The number of carbonyl (C=O) groups is 2. The van der Waals surface area contributed by atoms with E-state index in [1.807, 2.05) is 24.4 Å². The summed E-state index contributed by atoms with van der Waals surface area (Å²) < 4.78 is 7.07. The maximum Gasteiger partial charge on any atom is 0.287 e. The second kappa shape index (κ2) is 8.84. The van der Waals surface area contributed by atoms with Crippen LogP contribution >= 0.6 is 0 Å². The van der Waals surface area contributed by atoms with Crippen molar-refractivity contribution in [2.24, 2.45) is 0 Å². The number of hydrogen-bond donors (Lipinski definition) is 2. The fourth-order valence-electron chi connectivity index (χ4n) is 2.68. The van der Waals surface area contributed by atoms with Gasteiger partial charge in [-0.25, -0.2) is 4.98 Å². The second-order valence-corrected chi connectivity index (χ2v) is 6.17. The van der Waals surface area contributed by atoms with E-state index in [1.54, 1.807) is 25.3 Å². The molecule has 0 aliphatic heterocycles. The zero-order chi connectivity index (χ0) is 19.1. The molecular weight excluding hydrogens is 344 g/mol. The first kappa shape index (κ1) is 18.4. The maximum atomic E-state index is 12.2. The highest BCUT2D eigenvalue weighted by Crippen LogP contribution is 2.06. The van der Waals surface area contributed by atoms with Gasteiger partial charge in [-0.2, -0.15) is 0 Å². The van der Waals surface area contributed by atoms with Gasteiger partial charge in [-0.1, -0.05) is 30.3 Å². The van der Waals surface area contributed by atoms with E-state index in [-0.39, 0.29) is 11.7 Å². The van der Waals surface area contributed by atoms with Crippen LogP contribution in [0.4, 0.5) is 0 Å². The van der Waals surface area contributed by atoms with Crippen molar-refractivity contribution in [3.05, 3.63) is 78.3 Å². The van der Waals surface area contributed by atoms with E-state index in [4.69, 9.17) is 4.42 Å². The maximum absolute atomic E-state index is 12.2. The Labute approximate surface area is 157 Å². The summed E-state index contributed by atoms with van der Waals surface area (Å²) in [6, 6.07) is 12.6. The molecule has 0 aliphatic carbocycles. The molecule has 1 aromatic carbocycles. The molecule has 1 unspecified atom stereocenters. The summed E-state index contributed by atoms with van der Waals surface area (Å²) in [4.78, 5) is 28.4. The third-order valence-corrected chi connectivity index (χ3v) is 4.13. The molecule has 27 heavy (non-hydrogen) atoms. The molecule has 7 nitrogen and oxygen atoms in total. The van der Waals surface area contributed by atoms with Crippen LogP contribution in [0, 0.1) is 0 Å². The molecule has 7 heteroatoms. The molecule has 0 spiro atoms. The van der Waals surface area contributed by atoms with Crippen LogP contribution in [0.3, 0.4) is 0 Å². The third kappa shape index (κ3) is 5.07. The van der Waals surface area contributed by atoms with Gasteiger partial charge in [0.05, 0.1) is 6.26 Å². The molecule has 2 heterocycles. The van der Waals surface area contributed by atoms with E-state index in [1.165, 1.54) is 11.8 Å². The van der Waals surface area contributed by atoms with Gasteiger partial charge in [0.15, 0.2) is 5.76 Å². The van der Waals surface area contributed by atoms with Gasteiger partial charge in [-0.15, -0.1) is 0 Å². The molecule has 3 aromatic rings. The molecule has 0 saturated carbocycles. The highest BCUT2D eigenvalue weighted by Gasteiger charge is 2.17. The normalized spacial score (nSPS) is 11.7. The summed E-state index contributed by atoms with van der Waals surface area (Å²) in [5, 5.41) is 5.43. The van der Waals surface area contributed by atoms with Gasteiger partial charge in [-0.05, 0) is 24.6 Å². The summed E-state index contributed by atoms with van der Waals surface area (Å²) in [6.07, 6.45) is 5.70. The number of carbonyl (C=O) groups excluding carboxylic acids is 2. The number of nitrogens with one attached hydrogen (secondary N) is 2. The van der Waals surface area contributed by atoms with E-state index in [9.17, 15) is 9.59 Å². The largest absolute Gasteiger partial charge is 0.459 e. The summed E-state index contributed by atoms with van der Waals surface area (Å²) in [7, 11) is 0. The van der Waals surface area contributed by atoms with Gasteiger partial charge in [0.1, 0.15) is 11.9 Å². The molecule has 1 atom stereocenters. The van der Waals surface area contributed by atoms with Crippen molar-refractivity contribution in [3.63, 3.8) is 0 Å². The monoisotopic (exact) mass is 366 g/mol. The van der Waals surface area contributed by atoms with Crippen molar-refractivity contribution < 1.29 is 14.0 Å². The predicted molar refractivity (Wildman–Crippen MR) is 100 cm³/mol. The summed E-state index contributed by atoms with van der Waals surface area (Å²) in [6.45, 7) is 2.80. The number of aromatic nitrogens is 2. The van der Waals surface area contributed by atoms with Crippen LogP contribution in [0.25, 0.3) is 0 Å². The van der Waals surface area contributed by atoms with Crippen LogP contribution in [0.2, 0.25) is 0 Å². The lowest BCUT2D eigenvalue weighted by Crippen LogP contribution is -2.45. The molecule has 0 saturated heterocycles. The lowest BCUT2D eigenvalue weighted by Gasteiger charge is -2.13. The standard InChI is InChI=1S/C20H22N4O3/c1-15(23-20(26)17-8-5-13-27-17)19(25)22-10-9-18-21-11-12-24(18)14-16-6-3-2-4-7-16/h2-8,11-13,15H,9-10,14H2,1H3,(H,22,25)(H,23,26). The average molecular weight is 366 g/mol. The zero-order valence-corrected chi connectivity index (χ0v) is 15.1. The predicted octanol–water partition coefficient (Wildman–Crippen LogP) is 2.00. The van der Waals surface area contributed by atoms with Gasteiger partial charge >= 0.3 is 0 Å². The van der Waals surface area contributed by atoms with Crippen molar-refractivity contribution >= 4 is 11.8 Å². The lowest BCUT2D eigenvalue weighted by atomic mass is 10.2. The second-order valence-electron chi connectivity index (χ2n) is 6.17. The number of rotatable bonds is 8. The summed E-state index contributed by atoms with van der Waals surface area (Å²) >= 11 is 0. The van der Waals surface area contributed by atoms with Gasteiger partial charge in [0, 0.05) is 31.9 Å².